The summed E-state index contributed by atoms with van der Waals surface area (Å²) in [4.78, 5) is 0. The first-order valence-corrected chi connectivity index (χ1v) is 5.59. The highest BCUT2D eigenvalue weighted by Crippen LogP contribution is 2.37. The van der Waals surface area contributed by atoms with Crippen LogP contribution in [0.3, 0.4) is 0 Å². The zero-order valence-corrected chi connectivity index (χ0v) is 9.17. The van der Waals surface area contributed by atoms with Crippen LogP contribution in [0.2, 0.25) is 5.02 Å². The fourth-order valence-corrected chi connectivity index (χ4v) is 2.11. The lowest BCUT2D eigenvalue weighted by atomic mass is 9.79. The van der Waals surface area contributed by atoms with E-state index >= 15 is 0 Å². The zero-order chi connectivity index (χ0) is 9.97. The van der Waals surface area contributed by atoms with E-state index in [1.165, 1.54) is 12.8 Å². The van der Waals surface area contributed by atoms with Crippen molar-refractivity contribution in [1.82, 2.24) is 15.1 Å². The average molecular weight is 214 g/mol. The molecule has 0 spiro atoms. The summed E-state index contributed by atoms with van der Waals surface area (Å²) >= 11 is 5.84. The molecule has 3 nitrogen and oxygen atoms in total. The van der Waals surface area contributed by atoms with Crippen LogP contribution in [0.1, 0.15) is 25.8 Å². The fraction of sp³-hybridized carbons (Fsp3) is 0.700. The van der Waals surface area contributed by atoms with Gasteiger partial charge in [0.2, 0.25) is 0 Å². The first-order chi connectivity index (χ1) is 6.81. The zero-order valence-electron chi connectivity index (χ0n) is 8.41. The lowest BCUT2D eigenvalue weighted by Crippen LogP contribution is -2.37. The number of halogens is 1. The molecule has 0 bridgehead atoms. The Bertz CT molecular complexity index is 297. The Balaban J connectivity index is 1.92. The van der Waals surface area contributed by atoms with Gasteiger partial charge >= 0.3 is 0 Å². The quantitative estimate of drug-likeness (QED) is 0.830. The number of aromatic nitrogens is 2. The van der Waals surface area contributed by atoms with Crippen molar-refractivity contribution in [2.24, 2.45) is 5.92 Å². The first-order valence-electron chi connectivity index (χ1n) is 5.21. The molecular weight excluding hydrogens is 198 g/mol. The molecule has 4 heteroatoms. The summed E-state index contributed by atoms with van der Waals surface area (Å²) in [5, 5.41) is 8.37. The molecule has 14 heavy (non-hydrogen) atoms. The summed E-state index contributed by atoms with van der Waals surface area (Å²) < 4.78 is 2.01. The van der Waals surface area contributed by atoms with Gasteiger partial charge in [-0.3, -0.25) is 4.68 Å². The Kier molecular flexibility index (Phi) is 3.08. The summed E-state index contributed by atoms with van der Waals surface area (Å²) in [6, 6.07) is 0.557. The van der Waals surface area contributed by atoms with E-state index in [1.807, 2.05) is 10.9 Å². The Labute approximate surface area is 89.4 Å². The summed E-state index contributed by atoms with van der Waals surface area (Å²) in [6.07, 6.45) is 6.16. The first kappa shape index (κ1) is 9.99. The summed E-state index contributed by atoms with van der Waals surface area (Å²) in [5.41, 5.74) is 0. The van der Waals surface area contributed by atoms with Gasteiger partial charge in [0.1, 0.15) is 0 Å². The molecule has 2 unspecified atom stereocenters. The molecule has 1 fully saturated rings. The summed E-state index contributed by atoms with van der Waals surface area (Å²) in [6.45, 7) is 4.28. The second kappa shape index (κ2) is 4.32. The Morgan fingerprint density at radius 3 is 3.00 bits per heavy atom. The monoisotopic (exact) mass is 213 g/mol. The standard InChI is InChI=1S/C10H16ClN3/c1-2-12-5-8-3-4-10(8)14-7-9(11)6-13-14/h6-8,10,12H,2-5H2,1H3. The molecule has 0 aliphatic heterocycles. The maximum atomic E-state index is 5.84. The average Bonchev–Trinajstić information content (AvgIpc) is 2.51. The van der Waals surface area contributed by atoms with Crippen LogP contribution in [-0.4, -0.2) is 22.9 Å². The number of rotatable bonds is 4. The number of hydrogen-bond donors (Lipinski definition) is 1. The van der Waals surface area contributed by atoms with Crippen molar-refractivity contribution in [2.75, 3.05) is 13.1 Å². The van der Waals surface area contributed by atoms with Crippen LogP contribution >= 0.6 is 11.6 Å². The topological polar surface area (TPSA) is 29.9 Å². The van der Waals surface area contributed by atoms with Crippen LogP contribution in [0.25, 0.3) is 0 Å². The van der Waals surface area contributed by atoms with E-state index in [9.17, 15) is 0 Å². The van der Waals surface area contributed by atoms with E-state index in [0.29, 0.717) is 6.04 Å². The van der Waals surface area contributed by atoms with Gasteiger partial charge in [-0.25, -0.2) is 0 Å². The molecule has 78 valence electrons. The van der Waals surface area contributed by atoms with Crippen molar-refractivity contribution in [3.05, 3.63) is 17.4 Å². The van der Waals surface area contributed by atoms with E-state index in [1.54, 1.807) is 6.20 Å². The molecule has 1 aromatic rings. The van der Waals surface area contributed by atoms with Crippen molar-refractivity contribution >= 4 is 11.6 Å². The third-order valence-corrected chi connectivity index (χ3v) is 3.14. The fourth-order valence-electron chi connectivity index (χ4n) is 1.96. The van der Waals surface area contributed by atoms with Crippen LogP contribution in [0.5, 0.6) is 0 Å². The van der Waals surface area contributed by atoms with E-state index in [4.69, 9.17) is 11.6 Å². The second-order valence-corrected chi connectivity index (χ2v) is 4.29. The molecule has 1 aliphatic rings. The molecule has 1 saturated carbocycles. The molecule has 0 radical (unpaired) electrons. The minimum absolute atomic E-state index is 0.557. The van der Waals surface area contributed by atoms with Gasteiger partial charge in [-0.2, -0.15) is 5.10 Å². The van der Waals surface area contributed by atoms with E-state index < -0.39 is 0 Å². The molecule has 0 saturated heterocycles. The third kappa shape index (κ3) is 1.93. The maximum Gasteiger partial charge on any atom is 0.0785 e. The normalized spacial score (nSPS) is 26.1. The highest BCUT2D eigenvalue weighted by Gasteiger charge is 2.32. The predicted octanol–water partition coefficient (Wildman–Crippen LogP) is 2.10. The maximum absolute atomic E-state index is 5.84. The smallest absolute Gasteiger partial charge is 0.0785 e. The lowest BCUT2D eigenvalue weighted by Gasteiger charge is -2.36. The highest BCUT2D eigenvalue weighted by atomic mass is 35.5. The number of nitrogens with one attached hydrogen (secondary N) is 1. The van der Waals surface area contributed by atoms with Crippen LogP contribution in [0.4, 0.5) is 0 Å². The van der Waals surface area contributed by atoms with Crippen molar-refractivity contribution in [2.45, 2.75) is 25.8 Å². The van der Waals surface area contributed by atoms with Gasteiger partial charge in [0, 0.05) is 6.20 Å². The molecule has 2 rings (SSSR count). The predicted molar refractivity (Wildman–Crippen MR) is 57.5 cm³/mol. The summed E-state index contributed by atoms with van der Waals surface area (Å²) in [5.74, 6) is 0.728. The second-order valence-electron chi connectivity index (χ2n) is 3.85. The molecular formula is C10H16ClN3. The van der Waals surface area contributed by atoms with Gasteiger partial charge < -0.3 is 5.32 Å². The molecule has 2 atom stereocenters. The largest absolute Gasteiger partial charge is 0.317 e. The van der Waals surface area contributed by atoms with Crippen molar-refractivity contribution in [3.63, 3.8) is 0 Å². The van der Waals surface area contributed by atoms with Gasteiger partial charge in [0.25, 0.3) is 0 Å². The van der Waals surface area contributed by atoms with Gasteiger partial charge in [-0.05, 0) is 31.8 Å². The van der Waals surface area contributed by atoms with E-state index in [2.05, 4.69) is 17.3 Å². The molecule has 1 heterocycles. The van der Waals surface area contributed by atoms with Gasteiger partial charge in [0.05, 0.1) is 17.3 Å². The van der Waals surface area contributed by atoms with Crippen LogP contribution in [0.15, 0.2) is 12.4 Å². The van der Waals surface area contributed by atoms with Crippen LogP contribution in [0, 0.1) is 5.92 Å². The Morgan fingerprint density at radius 1 is 1.64 bits per heavy atom. The van der Waals surface area contributed by atoms with Crippen molar-refractivity contribution in [1.29, 1.82) is 0 Å². The van der Waals surface area contributed by atoms with Gasteiger partial charge in [-0.1, -0.05) is 18.5 Å². The van der Waals surface area contributed by atoms with Crippen molar-refractivity contribution in [3.8, 4) is 0 Å². The summed E-state index contributed by atoms with van der Waals surface area (Å²) in [7, 11) is 0. The lowest BCUT2D eigenvalue weighted by molar-refractivity contribution is 0.164. The molecule has 1 aliphatic carbocycles. The highest BCUT2D eigenvalue weighted by molar-refractivity contribution is 6.30. The SMILES string of the molecule is CCNCC1CCC1n1cc(Cl)cn1. The van der Waals surface area contributed by atoms with Gasteiger partial charge in [-0.15, -0.1) is 0 Å². The molecule has 0 amide bonds. The Hall–Kier alpha value is -0.540. The minimum atomic E-state index is 0.557. The van der Waals surface area contributed by atoms with E-state index in [0.717, 1.165) is 24.0 Å². The minimum Gasteiger partial charge on any atom is -0.317 e. The third-order valence-electron chi connectivity index (χ3n) is 2.94. The van der Waals surface area contributed by atoms with Crippen LogP contribution < -0.4 is 5.32 Å². The van der Waals surface area contributed by atoms with E-state index in [-0.39, 0.29) is 0 Å². The number of nitrogens with zero attached hydrogens (tertiary/aromatic N) is 2. The molecule has 0 aromatic carbocycles. The van der Waals surface area contributed by atoms with Crippen LogP contribution in [-0.2, 0) is 0 Å². The Morgan fingerprint density at radius 2 is 2.50 bits per heavy atom. The molecule has 1 aromatic heterocycles. The van der Waals surface area contributed by atoms with Crippen molar-refractivity contribution < 1.29 is 0 Å². The number of hydrogen-bond acceptors (Lipinski definition) is 2. The van der Waals surface area contributed by atoms with Gasteiger partial charge in [0.15, 0.2) is 0 Å². The molecule has 1 N–H and O–H groups in total.